The highest BCUT2D eigenvalue weighted by molar-refractivity contribution is 5.66. The second-order valence-electron chi connectivity index (χ2n) is 7.63. The Morgan fingerprint density at radius 3 is 0.964 bits per heavy atom. The number of hydrogen-bond acceptors (Lipinski definition) is 4. The molecule has 0 saturated heterocycles. The number of esters is 2. The number of rotatable bonds is 18. The molecule has 0 amide bonds. The van der Waals surface area contributed by atoms with Crippen LogP contribution in [-0.2, 0) is 19.1 Å². The standard InChI is InChI=1S/2C12H24O2/c2*1-3-4-5-6-7-8-9-10-11-14-12(2)13/h2*3-11H2,1-2H3. The van der Waals surface area contributed by atoms with Crippen LogP contribution >= 0.6 is 0 Å². The van der Waals surface area contributed by atoms with Gasteiger partial charge in [-0.05, 0) is 12.8 Å². The summed E-state index contributed by atoms with van der Waals surface area (Å²) in [5.74, 6) is -0.319. The summed E-state index contributed by atoms with van der Waals surface area (Å²) in [5, 5.41) is 0. The van der Waals surface area contributed by atoms with E-state index in [0.29, 0.717) is 13.2 Å². The number of ether oxygens (including phenoxy) is 2. The van der Waals surface area contributed by atoms with Gasteiger partial charge >= 0.3 is 11.9 Å². The zero-order valence-electron chi connectivity index (χ0n) is 19.4. The van der Waals surface area contributed by atoms with Crippen LogP contribution in [0.3, 0.4) is 0 Å². The SMILES string of the molecule is CCCCCCCCCCOC(C)=O.CCCCCCCCCCOC(C)=O. The molecule has 168 valence electrons. The first kappa shape index (κ1) is 29.1. The summed E-state index contributed by atoms with van der Waals surface area (Å²) in [4.78, 5) is 20.9. The van der Waals surface area contributed by atoms with Crippen LogP contribution in [0.5, 0.6) is 0 Å². The van der Waals surface area contributed by atoms with Gasteiger partial charge in [0.15, 0.2) is 0 Å². The van der Waals surface area contributed by atoms with Crippen molar-refractivity contribution in [3.8, 4) is 0 Å². The lowest BCUT2D eigenvalue weighted by Crippen LogP contribution is -1.99. The maximum absolute atomic E-state index is 10.4. The van der Waals surface area contributed by atoms with Gasteiger partial charge in [0, 0.05) is 13.8 Å². The van der Waals surface area contributed by atoms with Gasteiger partial charge in [0.1, 0.15) is 0 Å². The molecule has 0 atom stereocenters. The molecule has 0 saturated carbocycles. The van der Waals surface area contributed by atoms with Crippen molar-refractivity contribution in [3.05, 3.63) is 0 Å². The monoisotopic (exact) mass is 400 g/mol. The molecule has 0 radical (unpaired) electrons. The molecule has 4 nitrogen and oxygen atoms in total. The molecule has 0 aromatic rings. The number of hydrogen-bond donors (Lipinski definition) is 0. The summed E-state index contributed by atoms with van der Waals surface area (Å²) in [6.45, 7) is 8.60. The number of carbonyl (C=O) groups is 2. The zero-order valence-corrected chi connectivity index (χ0v) is 19.4. The summed E-state index contributed by atoms with van der Waals surface area (Å²) in [5.41, 5.74) is 0. The molecule has 0 aromatic carbocycles. The van der Waals surface area contributed by atoms with Crippen LogP contribution in [0, 0.1) is 0 Å². The molecule has 0 aliphatic heterocycles. The molecule has 0 spiro atoms. The fourth-order valence-corrected chi connectivity index (χ4v) is 2.90. The van der Waals surface area contributed by atoms with Crippen molar-refractivity contribution in [3.63, 3.8) is 0 Å². The third kappa shape index (κ3) is 32.6. The molecule has 28 heavy (non-hydrogen) atoms. The largest absolute Gasteiger partial charge is 0.466 e. The van der Waals surface area contributed by atoms with Gasteiger partial charge in [0.2, 0.25) is 0 Å². The minimum absolute atomic E-state index is 0.159. The van der Waals surface area contributed by atoms with Gasteiger partial charge in [-0.25, -0.2) is 0 Å². The van der Waals surface area contributed by atoms with E-state index in [-0.39, 0.29) is 11.9 Å². The van der Waals surface area contributed by atoms with Crippen molar-refractivity contribution in [2.75, 3.05) is 13.2 Å². The van der Waals surface area contributed by atoms with E-state index in [1.54, 1.807) is 0 Å². The lowest BCUT2D eigenvalue weighted by atomic mass is 10.1. The highest BCUT2D eigenvalue weighted by atomic mass is 16.5. The Balaban J connectivity index is 0. The number of carbonyl (C=O) groups excluding carboxylic acids is 2. The van der Waals surface area contributed by atoms with Crippen LogP contribution in [0.1, 0.15) is 130 Å². The fraction of sp³-hybridized carbons (Fsp3) is 0.917. The van der Waals surface area contributed by atoms with E-state index in [9.17, 15) is 9.59 Å². The van der Waals surface area contributed by atoms with Gasteiger partial charge in [0.25, 0.3) is 0 Å². The quantitative estimate of drug-likeness (QED) is 0.178. The summed E-state index contributed by atoms with van der Waals surface area (Å²) in [6.07, 6.45) is 20.5. The first-order valence-corrected chi connectivity index (χ1v) is 11.8. The third-order valence-corrected chi connectivity index (χ3v) is 4.61. The second-order valence-corrected chi connectivity index (χ2v) is 7.63. The zero-order chi connectivity index (χ0) is 21.3. The Morgan fingerprint density at radius 1 is 0.464 bits per heavy atom. The van der Waals surface area contributed by atoms with Crippen molar-refractivity contribution < 1.29 is 19.1 Å². The van der Waals surface area contributed by atoms with Crippen molar-refractivity contribution in [1.29, 1.82) is 0 Å². The Morgan fingerprint density at radius 2 is 0.714 bits per heavy atom. The normalized spacial score (nSPS) is 10.1. The maximum atomic E-state index is 10.4. The molecule has 0 bridgehead atoms. The number of unbranched alkanes of at least 4 members (excludes halogenated alkanes) is 14. The molecular weight excluding hydrogens is 352 g/mol. The highest BCUT2D eigenvalue weighted by Crippen LogP contribution is 2.09. The molecule has 0 unspecified atom stereocenters. The van der Waals surface area contributed by atoms with Crippen LogP contribution in [0.2, 0.25) is 0 Å². The minimum Gasteiger partial charge on any atom is -0.466 e. The smallest absolute Gasteiger partial charge is 0.302 e. The van der Waals surface area contributed by atoms with Gasteiger partial charge in [0.05, 0.1) is 13.2 Å². The average Bonchev–Trinajstić information content (AvgIpc) is 2.65. The topological polar surface area (TPSA) is 52.6 Å². The average molecular weight is 401 g/mol. The van der Waals surface area contributed by atoms with Crippen LogP contribution in [-0.4, -0.2) is 25.2 Å². The maximum Gasteiger partial charge on any atom is 0.302 e. The van der Waals surface area contributed by atoms with Crippen molar-refractivity contribution >= 4 is 11.9 Å². The van der Waals surface area contributed by atoms with Crippen LogP contribution in [0.25, 0.3) is 0 Å². The van der Waals surface area contributed by atoms with Gasteiger partial charge in [-0.1, -0.05) is 104 Å². The highest BCUT2D eigenvalue weighted by Gasteiger charge is 1.94. The minimum atomic E-state index is -0.159. The van der Waals surface area contributed by atoms with E-state index in [1.165, 1.54) is 104 Å². The van der Waals surface area contributed by atoms with Gasteiger partial charge in [-0.3, -0.25) is 9.59 Å². The van der Waals surface area contributed by atoms with Crippen LogP contribution in [0.15, 0.2) is 0 Å². The van der Waals surface area contributed by atoms with Gasteiger partial charge < -0.3 is 9.47 Å². The first-order chi connectivity index (χ1) is 13.5. The van der Waals surface area contributed by atoms with E-state index in [0.717, 1.165) is 12.8 Å². The lowest BCUT2D eigenvalue weighted by molar-refractivity contribution is -0.142. The van der Waals surface area contributed by atoms with Crippen molar-refractivity contribution in [2.45, 2.75) is 130 Å². The third-order valence-electron chi connectivity index (χ3n) is 4.61. The molecule has 0 fully saturated rings. The van der Waals surface area contributed by atoms with Crippen LogP contribution in [0.4, 0.5) is 0 Å². The summed E-state index contributed by atoms with van der Waals surface area (Å²) >= 11 is 0. The van der Waals surface area contributed by atoms with Crippen LogP contribution < -0.4 is 0 Å². The molecule has 4 heteroatoms. The molecule has 0 rings (SSSR count). The Hall–Kier alpha value is -1.06. The predicted molar refractivity (Wildman–Crippen MR) is 118 cm³/mol. The predicted octanol–water partition coefficient (Wildman–Crippen LogP) is 7.38. The summed E-state index contributed by atoms with van der Waals surface area (Å²) in [6, 6.07) is 0. The van der Waals surface area contributed by atoms with Gasteiger partial charge in [-0.15, -0.1) is 0 Å². The van der Waals surface area contributed by atoms with E-state index in [4.69, 9.17) is 9.47 Å². The van der Waals surface area contributed by atoms with E-state index in [1.807, 2.05) is 0 Å². The molecule has 0 N–H and O–H groups in total. The lowest BCUT2D eigenvalue weighted by Gasteiger charge is -2.02. The molecule has 0 aliphatic carbocycles. The Kier molecular flexibility index (Phi) is 27.0. The first-order valence-electron chi connectivity index (χ1n) is 11.8. The van der Waals surface area contributed by atoms with E-state index < -0.39 is 0 Å². The molecule has 0 aliphatic rings. The summed E-state index contributed by atoms with van der Waals surface area (Å²) in [7, 11) is 0. The fourth-order valence-electron chi connectivity index (χ4n) is 2.90. The van der Waals surface area contributed by atoms with Crippen molar-refractivity contribution in [1.82, 2.24) is 0 Å². The Labute approximate surface area is 175 Å². The van der Waals surface area contributed by atoms with Gasteiger partial charge in [-0.2, -0.15) is 0 Å². The van der Waals surface area contributed by atoms with E-state index >= 15 is 0 Å². The molecular formula is C24H48O4. The molecule has 0 heterocycles. The van der Waals surface area contributed by atoms with Crippen molar-refractivity contribution in [2.24, 2.45) is 0 Å². The Bertz CT molecular complexity index is 297. The molecule has 0 aromatic heterocycles. The second kappa shape index (κ2) is 25.9. The summed E-state index contributed by atoms with van der Waals surface area (Å²) < 4.78 is 9.70. The van der Waals surface area contributed by atoms with E-state index in [2.05, 4.69) is 13.8 Å².